The first-order chi connectivity index (χ1) is 8.33. The van der Waals surface area contributed by atoms with Gasteiger partial charge in [-0.3, -0.25) is 4.79 Å². The fraction of sp³-hybridized carbons (Fsp3) is 0.400. The molecule has 0 aliphatic carbocycles. The first-order valence-corrected chi connectivity index (χ1v) is 6.17. The van der Waals surface area contributed by atoms with Gasteiger partial charge in [0.15, 0.2) is 0 Å². The van der Waals surface area contributed by atoms with E-state index in [1.54, 1.807) is 0 Å². The van der Waals surface area contributed by atoms with Gasteiger partial charge in [0.1, 0.15) is 6.61 Å². The van der Waals surface area contributed by atoms with Gasteiger partial charge in [0.25, 0.3) is 0 Å². The lowest BCUT2D eigenvalue weighted by Crippen LogP contribution is -2.02. The molecule has 92 valence electrons. The molecule has 0 aromatic heterocycles. The molecule has 2 nitrogen and oxygen atoms in total. The zero-order valence-electron chi connectivity index (χ0n) is 10.4. The van der Waals surface area contributed by atoms with Crippen molar-refractivity contribution in [3.05, 3.63) is 48.0 Å². The molecule has 0 spiro atoms. The van der Waals surface area contributed by atoms with Crippen LogP contribution in [0.3, 0.4) is 0 Å². The monoisotopic (exact) mass is 232 g/mol. The van der Waals surface area contributed by atoms with Gasteiger partial charge in [-0.1, -0.05) is 62.2 Å². The second kappa shape index (κ2) is 8.57. The smallest absolute Gasteiger partial charge is 0.309 e. The van der Waals surface area contributed by atoms with Gasteiger partial charge in [0, 0.05) is 0 Å². The van der Waals surface area contributed by atoms with Gasteiger partial charge in [-0.05, 0) is 12.0 Å². The van der Waals surface area contributed by atoms with Crippen LogP contribution < -0.4 is 0 Å². The summed E-state index contributed by atoms with van der Waals surface area (Å²) in [4.78, 5) is 11.4. The standard InChI is InChI=1S/C15H20O2/c1-2-3-4-5-9-12-15(16)17-13-14-10-7-6-8-11-14/h5-11H,2-4,12-13H2,1H3. The average molecular weight is 232 g/mol. The summed E-state index contributed by atoms with van der Waals surface area (Å²) in [7, 11) is 0. The molecule has 0 aliphatic rings. The summed E-state index contributed by atoms with van der Waals surface area (Å²) in [5.41, 5.74) is 1.02. The van der Waals surface area contributed by atoms with Crippen molar-refractivity contribution in [1.82, 2.24) is 0 Å². The lowest BCUT2D eigenvalue weighted by Gasteiger charge is -2.02. The first kappa shape index (κ1) is 13.5. The maximum atomic E-state index is 11.4. The van der Waals surface area contributed by atoms with Gasteiger partial charge in [0.05, 0.1) is 6.42 Å². The maximum Gasteiger partial charge on any atom is 0.309 e. The molecule has 1 rings (SSSR count). The number of unbranched alkanes of at least 4 members (excludes halogenated alkanes) is 2. The number of rotatable bonds is 7. The molecule has 0 atom stereocenters. The van der Waals surface area contributed by atoms with Crippen LogP contribution in [-0.2, 0) is 16.1 Å². The number of carbonyl (C=O) groups excluding carboxylic acids is 1. The van der Waals surface area contributed by atoms with Crippen LogP contribution in [0.5, 0.6) is 0 Å². The Balaban J connectivity index is 2.15. The van der Waals surface area contributed by atoms with E-state index in [1.165, 1.54) is 12.8 Å². The largest absolute Gasteiger partial charge is 0.461 e. The molecule has 17 heavy (non-hydrogen) atoms. The quantitative estimate of drug-likeness (QED) is 0.405. The minimum atomic E-state index is -0.165. The molecule has 1 aromatic carbocycles. The summed E-state index contributed by atoms with van der Waals surface area (Å²) in [6, 6.07) is 9.72. The van der Waals surface area contributed by atoms with Gasteiger partial charge < -0.3 is 4.74 Å². The van der Waals surface area contributed by atoms with Crippen LogP contribution in [0.2, 0.25) is 0 Å². The van der Waals surface area contributed by atoms with E-state index < -0.39 is 0 Å². The predicted molar refractivity (Wildman–Crippen MR) is 69.5 cm³/mol. The summed E-state index contributed by atoms with van der Waals surface area (Å²) >= 11 is 0. The minimum Gasteiger partial charge on any atom is -0.461 e. The number of benzene rings is 1. The van der Waals surface area contributed by atoms with E-state index in [2.05, 4.69) is 6.92 Å². The molecule has 0 saturated heterocycles. The lowest BCUT2D eigenvalue weighted by atomic mass is 10.2. The van der Waals surface area contributed by atoms with Crippen molar-refractivity contribution < 1.29 is 9.53 Å². The van der Waals surface area contributed by atoms with Crippen molar-refractivity contribution in [3.8, 4) is 0 Å². The molecule has 0 bridgehead atoms. The van der Waals surface area contributed by atoms with E-state index in [-0.39, 0.29) is 5.97 Å². The molecule has 0 fully saturated rings. The summed E-state index contributed by atoms with van der Waals surface area (Å²) in [5.74, 6) is -0.165. The van der Waals surface area contributed by atoms with Gasteiger partial charge in [-0.25, -0.2) is 0 Å². The Morgan fingerprint density at radius 2 is 2.00 bits per heavy atom. The van der Waals surface area contributed by atoms with Crippen molar-refractivity contribution in [2.45, 2.75) is 39.2 Å². The van der Waals surface area contributed by atoms with Crippen LogP contribution in [-0.4, -0.2) is 5.97 Å². The summed E-state index contributed by atoms with van der Waals surface area (Å²) in [6.07, 6.45) is 7.72. The first-order valence-electron chi connectivity index (χ1n) is 6.17. The van der Waals surface area contributed by atoms with E-state index in [0.717, 1.165) is 12.0 Å². The molecule has 0 amide bonds. The van der Waals surface area contributed by atoms with Crippen molar-refractivity contribution in [1.29, 1.82) is 0 Å². The van der Waals surface area contributed by atoms with Crippen molar-refractivity contribution in [2.75, 3.05) is 0 Å². The van der Waals surface area contributed by atoms with Crippen LogP contribution in [0, 0.1) is 0 Å². The van der Waals surface area contributed by atoms with Gasteiger partial charge in [-0.2, -0.15) is 0 Å². The van der Waals surface area contributed by atoms with Crippen LogP contribution in [0.25, 0.3) is 0 Å². The molecule has 0 N–H and O–H groups in total. The molecule has 2 heteroatoms. The summed E-state index contributed by atoms with van der Waals surface area (Å²) < 4.78 is 5.14. The third-order valence-corrected chi connectivity index (χ3v) is 2.42. The van der Waals surface area contributed by atoms with Gasteiger partial charge in [0.2, 0.25) is 0 Å². The van der Waals surface area contributed by atoms with E-state index in [1.807, 2.05) is 42.5 Å². The van der Waals surface area contributed by atoms with Crippen LogP contribution in [0.4, 0.5) is 0 Å². The number of hydrogen-bond acceptors (Lipinski definition) is 2. The number of esters is 1. The number of hydrogen-bond donors (Lipinski definition) is 0. The molecular formula is C15H20O2. The number of allylic oxidation sites excluding steroid dienone is 1. The zero-order valence-corrected chi connectivity index (χ0v) is 10.4. The molecule has 0 radical (unpaired) electrons. The molecule has 0 aliphatic heterocycles. The third kappa shape index (κ3) is 6.56. The van der Waals surface area contributed by atoms with E-state index in [4.69, 9.17) is 4.74 Å². The van der Waals surface area contributed by atoms with Crippen LogP contribution in [0.15, 0.2) is 42.5 Å². The highest BCUT2D eigenvalue weighted by molar-refractivity contribution is 5.71. The Morgan fingerprint density at radius 3 is 2.71 bits per heavy atom. The Bertz CT molecular complexity index is 341. The minimum absolute atomic E-state index is 0.165. The third-order valence-electron chi connectivity index (χ3n) is 2.42. The predicted octanol–water partition coefficient (Wildman–Crippen LogP) is 3.87. The van der Waals surface area contributed by atoms with Crippen molar-refractivity contribution in [3.63, 3.8) is 0 Å². The van der Waals surface area contributed by atoms with Crippen LogP contribution >= 0.6 is 0 Å². The second-order valence-corrected chi connectivity index (χ2v) is 3.96. The molecule has 0 saturated carbocycles. The van der Waals surface area contributed by atoms with Gasteiger partial charge >= 0.3 is 5.97 Å². The highest BCUT2D eigenvalue weighted by atomic mass is 16.5. The van der Waals surface area contributed by atoms with Crippen LogP contribution in [0.1, 0.15) is 38.2 Å². The highest BCUT2D eigenvalue weighted by Crippen LogP contribution is 2.02. The Kier molecular flexibility index (Phi) is 6.80. The Labute approximate surface area is 103 Å². The van der Waals surface area contributed by atoms with Crippen molar-refractivity contribution in [2.24, 2.45) is 0 Å². The topological polar surface area (TPSA) is 26.3 Å². The average Bonchev–Trinajstić information content (AvgIpc) is 2.37. The Hall–Kier alpha value is -1.57. The molecule has 1 aromatic rings. The number of ether oxygens (including phenoxy) is 1. The zero-order chi connectivity index (χ0) is 12.3. The number of carbonyl (C=O) groups is 1. The second-order valence-electron chi connectivity index (χ2n) is 3.96. The van der Waals surface area contributed by atoms with Gasteiger partial charge in [-0.15, -0.1) is 0 Å². The fourth-order valence-corrected chi connectivity index (χ4v) is 1.42. The van der Waals surface area contributed by atoms with E-state index in [0.29, 0.717) is 13.0 Å². The van der Waals surface area contributed by atoms with E-state index in [9.17, 15) is 4.79 Å². The summed E-state index contributed by atoms with van der Waals surface area (Å²) in [6.45, 7) is 2.52. The fourth-order valence-electron chi connectivity index (χ4n) is 1.42. The lowest BCUT2D eigenvalue weighted by molar-refractivity contribution is -0.143. The normalized spacial score (nSPS) is 10.6. The summed E-state index contributed by atoms with van der Waals surface area (Å²) in [5, 5.41) is 0. The highest BCUT2D eigenvalue weighted by Gasteiger charge is 1.99. The Morgan fingerprint density at radius 1 is 1.24 bits per heavy atom. The maximum absolute atomic E-state index is 11.4. The SMILES string of the molecule is CCCCC=CCC(=O)OCc1ccccc1. The molecule has 0 heterocycles. The van der Waals surface area contributed by atoms with Crippen molar-refractivity contribution >= 4 is 5.97 Å². The van der Waals surface area contributed by atoms with E-state index >= 15 is 0 Å². The molecule has 0 unspecified atom stereocenters. The molecular weight excluding hydrogens is 212 g/mol.